The minimum absolute atomic E-state index is 0.00724. The second kappa shape index (κ2) is 10.1. The predicted octanol–water partition coefficient (Wildman–Crippen LogP) is 6.25. The number of hydrogen-bond donors (Lipinski definition) is 2. The summed E-state index contributed by atoms with van der Waals surface area (Å²) < 4.78 is 0. The third kappa shape index (κ3) is 4.31. The molecular formula is C25H30N4O4. The van der Waals surface area contributed by atoms with Crippen LogP contribution in [0.3, 0.4) is 0 Å². The Balaban J connectivity index is 2.35. The minimum atomic E-state index is -0.237. The maximum absolute atomic E-state index is 11.9. The molecule has 0 saturated heterocycles. The number of hydrogen-bond acceptors (Lipinski definition) is 8. The molecule has 3 rings (SSSR count). The van der Waals surface area contributed by atoms with Gasteiger partial charge >= 0.3 is 0 Å². The summed E-state index contributed by atoms with van der Waals surface area (Å²) in [7, 11) is 0. The molecule has 8 nitrogen and oxygen atoms in total. The van der Waals surface area contributed by atoms with E-state index in [-0.39, 0.29) is 23.4 Å². The van der Waals surface area contributed by atoms with Gasteiger partial charge in [-0.15, -0.1) is 9.81 Å². The Hall–Kier alpha value is -3.36. The molecule has 174 valence electrons. The lowest BCUT2D eigenvalue weighted by Crippen LogP contribution is -2.28. The van der Waals surface area contributed by atoms with Gasteiger partial charge in [0, 0.05) is 12.0 Å². The lowest BCUT2D eigenvalue weighted by Gasteiger charge is -2.38. The first kappa shape index (κ1) is 24.3. The second-order valence-electron chi connectivity index (χ2n) is 8.48. The number of allylic oxidation sites excluding steroid dienone is 3. The summed E-state index contributed by atoms with van der Waals surface area (Å²) >= 11 is 0. The highest BCUT2D eigenvalue weighted by molar-refractivity contribution is 5.60. The van der Waals surface area contributed by atoms with Crippen molar-refractivity contribution in [2.45, 2.75) is 47.0 Å². The molecule has 2 aromatic carbocycles. The zero-order valence-corrected chi connectivity index (χ0v) is 19.6. The van der Waals surface area contributed by atoms with Crippen LogP contribution in [-0.4, -0.2) is 0 Å². The molecule has 4 N–H and O–H groups in total. The predicted molar refractivity (Wildman–Crippen MR) is 129 cm³/mol. The van der Waals surface area contributed by atoms with Gasteiger partial charge in [0.1, 0.15) is 22.9 Å². The number of nitrogens with two attached hydrogens (primary N) is 2. The first-order valence-electron chi connectivity index (χ1n) is 10.9. The zero-order valence-electron chi connectivity index (χ0n) is 19.6. The minimum Gasteiger partial charge on any atom is -0.412 e. The van der Waals surface area contributed by atoms with Gasteiger partial charge < -0.3 is 9.68 Å². The van der Waals surface area contributed by atoms with E-state index in [4.69, 9.17) is 21.5 Å². The third-order valence-electron chi connectivity index (χ3n) is 7.05. The van der Waals surface area contributed by atoms with Crippen molar-refractivity contribution in [3.05, 3.63) is 85.4 Å². The Labute approximate surface area is 193 Å². The van der Waals surface area contributed by atoms with Crippen molar-refractivity contribution >= 4 is 11.4 Å². The summed E-state index contributed by atoms with van der Waals surface area (Å²) in [5.74, 6) is 11.7. The van der Waals surface area contributed by atoms with Crippen LogP contribution in [0.1, 0.15) is 55.4 Å². The summed E-state index contributed by atoms with van der Waals surface area (Å²) in [6, 6.07) is 8.74. The zero-order chi connectivity index (χ0) is 24.3. The van der Waals surface area contributed by atoms with Crippen molar-refractivity contribution in [2.24, 2.45) is 34.0 Å². The van der Waals surface area contributed by atoms with Crippen molar-refractivity contribution in [1.29, 1.82) is 0 Å². The Morgan fingerprint density at radius 3 is 2.15 bits per heavy atom. The van der Waals surface area contributed by atoms with E-state index in [0.717, 1.165) is 39.8 Å². The van der Waals surface area contributed by atoms with Crippen LogP contribution in [0, 0.1) is 35.5 Å². The quantitative estimate of drug-likeness (QED) is 0.361. The van der Waals surface area contributed by atoms with E-state index in [1.54, 1.807) is 18.2 Å². The monoisotopic (exact) mass is 450 g/mol. The van der Waals surface area contributed by atoms with E-state index in [1.165, 1.54) is 0 Å². The molecule has 0 heterocycles. The summed E-state index contributed by atoms with van der Waals surface area (Å²) in [5, 5.41) is 6.46. The molecule has 1 aliphatic carbocycles. The van der Waals surface area contributed by atoms with Gasteiger partial charge in [-0.05, 0) is 102 Å². The molecule has 0 spiro atoms. The van der Waals surface area contributed by atoms with Crippen LogP contribution in [0.15, 0.2) is 63.7 Å². The van der Waals surface area contributed by atoms with Crippen molar-refractivity contribution in [3.8, 4) is 5.75 Å². The molecule has 0 fully saturated rings. The molecule has 1 aliphatic rings. The van der Waals surface area contributed by atoms with Crippen molar-refractivity contribution in [2.75, 3.05) is 0 Å². The normalized spacial score (nSPS) is 19.1. The fourth-order valence-corrected chi connectivity index (χ4v) is 4.94. The highest BCUT2D eigenvalue weighted by Gasteiger charge is 2.38. The van der Waals surface area contributed by atoms with Gasteiger partial charge in [-0.3, -0.25) is 0 Å². The third-order valence-corrected chi connectivity index (χ3v) is 7.05. The smallest absolute Gasteiger partial charge is 0.149 e. The fourth-order valence-electron chi connectivity index (χ4n) is 4.94. The number of nitrogens with zero attached hydrogens (tertiary/aromatic N) is 2. The highest BCUT2D eigenvalue weighted by Crippen LogP contribution is 2.50. The first-order chi connectivity index (χ1) is 15.8. The summed E-state index contributed by atoms with van der Waals surface area (Å²) in [5.41, 5.74) is 6.21. The fraction of sp³-hybridized carbons (Fsp3) is 0.360. The molecule has 33 heavy (non-hydrogen) atoms. The largest absolute Gasteiger partial charge is 0.412 e. The highest BCUT2D eigenvalue weighted by atomic mass is 16.6. The van der Waals surface area contributed by atoms with E-state index in [0.29, 0.717) is 17.2 Å². The van der Waals surface area contributed by atoms with E-state index < -0.39 is 0 Å². The van der Waals surface area contributed by atoms with E-state index in [9.17, 15) is 9.81 Å². The van der Waals surface area contributed by atoms with Crippen molar-refractivity contribution in [3.63, 3.8) is 0 Å². The molecule has 3 unspecified atom stereocenters. The van der Waals surface area contributed by atoms with Gasteiger partial charge in [-0.1, -0.05) is 24.6 Å². The maximum Gasteiger partial charge on any atom is 0.149 e. The van der Waals surface area contributed by atoms with Gasteiger partial charge in [-0.2, -0.15) is 11.8 Å². The lowest BCUT2D eigenvalue weighted by atomic mass is 9.66. The van der Waals surface area contributed by atoms with Crippen LogP contribution in [0.25, 0.3) is 0 Å². The number of benzene rings is 2. The van der Waals surface area contributed by atoms with E-state index in [2.05, 4.69) is 30.3 Å². The van der Waals surface area contributed by atoms with Crippen molar-refractivity contribution < 1.29 is 9.68 Å². The van der Waals surface area contributed by atoms with Crippen LogP contribution >= 0.6 is 0 Å². The lowest BCUT2D eigenvalue weighted by molar-refractivity contribution is 0.216. The van der Waals surface area contributed by atoms with Crippen LogP contribution in [0.2, 0.25) is 0 Å². The average Bonchev–Trinajstić information content (AvgIpc) is 2.84. The molecule has 0 aliphatic heterocycles. The van der Waals surface area contributed by atoms with Crippen LogP contribution in [-0.2, 0) is 4.84 Å². The SMILES string of the molecule is CCC1C=C(ON)C(C)=C(C)C1C(c1ccc(ON)cc1N=O)c1ccc(N=O)c(C)c1C. The first-order valence-corrected chi connectivity index (χ1v) is 10.9. The van der Waals surface area contributed by atoms with E-state index >= 15 is 0 Å². The molecule has 0 saturated carbocycles. The molecule has 8 heteroatoms. The molecule has 0 bridgehead atoms. The Kier molecular flexibility index (Phi) is 7.40. The Morgan fingerprint density at radius 2 is 1.58 bits per heavy atom. The van der Waals surface area contributed by atoms with Gasteiger partial charge in [-0.25, -0.2) is 0 Å². The van der Waals surface area contributed by atoms with Gasteiger partial charge in [0.05, 0.1) is 0 Å². The maximum atomic E-state index is 11.9. The summed E-state index contributed by atoms with van der Waals surface area (Å²) in [6.07, 6.45) is 2.88. The van der Waals surface area contributed by atoms with Gasteiger partial charge in [0.25, 0.3) is 0 Å². The van der Waals surface area contributed by atoms with Gasteiger partial charge in [0.15, 0.2) is 0 Å². The topological polar surface area (TPSA) is 129 Å². The number of rotatable bonds is 8. The second-order valence-corrected chi connectivity index (χ2v) is 8.48. The number of nitroso groups, excluding NO2 is 2. The van der Waals surface area contributed by atoms with Crippen molar-refractivity contribution in [1.82, 2.24) is 0 Å². The van der Waals surface area contributed by atoms with Gasteiger partial charge in [0.2, 0.25) is 0 Å². The van der Waals surface area contributed by atoms with Crippen LogP contribution < -0.4 is 16.6 Å². The molecular weight excluding hydrogens is 420 g/mol. The molecule has 3 atom stereocenters. The Morgan fingerprint density at radius 1 is 0.909 bits per heavy atom. The van der Waals surface area contributed by atoms with Crippen LogP contribution in [0.4, 0.5) is 11.4 Å². The molecule has 0 radical (unpaired) electrons. The Bertz CT molecular complexity index is 1140. The van der Waals surface area contributed by atoms with E-state index in [1.807, 2.05) is 32.9 Å². The summed E-state index contributed by atoms with van der Waals surface area (Å²) in [4.78, 5) is 33.2. The van der Waals surface area contributed by atoms with Crippen LogP contribution in [0.5, 0.6) is 5.75 Å². The molecule has 0 amide bonds. The molecule has 2 aromatic rings. The molecule has 0 aromatic heterocycles. The summed E-state index contributed by atoms with van der Waals surface area (Å²) in [6.45, 7) is 10.00. The standard InChI is InChI=1S/C25H30N4O4/c1-6-17-11-23(33-27)15(4)16(5)24(17)25(19-9-10-21(28-30)14(3)13(19)2)20-8-7-18(32-26)12-22(20)29-31/h7-12,17,24-25H,6,26-27H2,1-5H3. The average molecular weight is 451 g/mol.